The number of nitrogens with zero attached hydrogens (tertiary/aromatic N) is 3. The van der Waals surface area contributed by atoms with Gasteiger partial charge in [-0.2, -0.15) is 0 Å². The molecule has 0 saturated heterocycles. The van der Waals surface area contributed by atoms with E-state index in [1.165, 1.54) is 22.2 Å². The van der Waals surface area contributed by atoms with Crippen LogP contribution in [0.1, 0.15) is 10.5 Å². The fraction of sp³-hybridized carbons (Fsp3) is 0.222. The predicted molar refractivity (Wildman–Crippen MR) is 62.6 cm³/mol. The molecule has 2 heterocycles. The standard InChI is InChI=1S/C9H9N3O3S2/c13-9(14)7-6-12(11-10-7)3-5-17(15)8-2-1-4-16-8/h1-2,4,6H,3,5H2,(H,13,14). The lowest BCUT2D eigenvalue weighted by atomic mass is 10.5. The van der Waals surface area contributed by atoms with Crippen LogP contribution in [0.25, 0.3) is 0 Å². The van der Waals surface area contributed by atoms with Gasteiger partial charge in [-0.3, -0.25) is 8.89 Å². The number of carbonyl (C=O) groups is 1. The quantitative estimate of drug-likeness (QED) is 0.871. The zero-order chi connectivity index (χ0) is 12.3. The zero-order valence-electron chi connectivity index (χ0n) is 8.65. The van der Waals surface area contributed by atoms with Crippen molar-refractivity contribution in [3.8, 4) is 0 Å². The largest absolute Gasteiger partial charge is 0.476 e. The minimum atomic E-state index is -1.12. The van der Waals surface area contributed by atoms with Crippen molar-refractivity contribution in [1.29, 1.82) is 0 Å². The van der Waals surface area contributed by atoms with Crippen LogP contribution >= 0.6 is 11.3 Å². The predicted octanol–water partition coefficient (Wildman–Crippen LogP) is 0.846. The zero-order valence-corrected chi connectivity index (χ0v) is 10.3. The number of aryl methyl sites for hydroxylation is 1. The smallest absolute Gasteiger partial charge is 0.358 e. The highest BCUT2D eigenvalue weighted by Crippen LogP contribution is 2.13. The Balaban J connectivity index is 1.93. The number of aromatic nitrogens is 3. The summed E-state index contributed by atoms with van der Waals surface area (Å²) in [7, 11) is -1.07. The molecule has 0 saturated carbocycles. The van der Waals surface area contributed by atoms with Gasteiger partial charge in [-0.25, -0.2) is 4.79 Å². The molecule has 0 spiro atoms. The normalized spacial score (nSPS) is 12.5. The van der Waals surface area contributed by atoms with Gasteiger partial charge in [0.05, 0.1) is 27.8 Å². The number of rotatable bonds is 5. The van der Waals surface area contributed by atoms with Crippen LogP contribution in [0.4, 0.5) is 0 Å². The highest BCUT2D eigenvalue weighted by atomic mass is 32.2. The third kappa shape index (κ3) is 2.98. The fourth-order valence-electron chi connectivity index (χ4n) is 1.18. The number of carboxylic acids is 1. The van der Waals surface area contributed by atoms with Crippen molar-refractivity contribution in [2.24, 2.45) is 0 Å². The van der Waals surface area contributed by atoms with E-state index in [0.717, 1.165) is 4.21 Å². The Morgan fingerprint density at radius 3 is 3.00 bits per heavy atom. The Hall–Kier alpha value is -1.54. The average Bonchev–Trinajstić information content (AvgIpc) is 2.97. The summed E-state index contributed by atoms with van der Waals surface area (Å²) in [5, 5.41) is 17.6. The summed E-state index contributed by atoms with van der Waals surface area (Å²) >= 11 is 1.44. The van der Waals surface area contributed by atoms with Crippen LogP contribution in [0.5, 0.6) is 0 Å². The molecule has 0 radical (unpaired) electrons. The third-order valence-corrected chi connectivity index (χ3v) is 4.63. The number of hydrogen-bond donors (Lipinski definition) is 1. The van der Waals surface area contributed by atoms with Gasteiger partial charge in [-0.05, 0) is 11.4 Å². The molecular formula is C9H9N3O3S2. The van der Waals surface area contributed by atoms with E-state index >= 15 is 0 Å². The first-order chi connectivity index (χ1) is 8.16. The fourth-order valence-corrected chi connectivity index (χ4v) is 3.25. The first kappa shape index (κ1) is 11.9. The molecule has 2 aromatic heterocycles. The first-order valence-electron chi connectivity index (χ1n) is 4.72. The Kier molecular flexibility index (Phi) is 3.64. The van der Waals surface area contributed by atoms with Gasteiger partial charge in [0.25, 0.3) is 0 Å². The van der Waals surface area contributed by atoms with Gasteiger partial charge in [0.2, 0.25) is 0 Å². The van der Waals surface area contributed by atoms with Crippen LogP contribution in [0, 0.1) is 0 Å². The van der Waals surface area contributed by atoms with Crippen LogP contribution in [0.15, 0.2) is 27.9 Å². The first-order valence-corrected chi connectivity index (χ1v) is 6.92. The molecule has 0 aliphatic rings. The molecule has 2 aromatic rings. The molecule has 0 fully saturated rings. The topological polar surface area (TPSA) is 85.1 Å². The third-order valence-electron chi connectivity index (χ3n) is 1.98. The minimum Gasteiger partial charge on any atom is -0.476 e. The summed E-state index contributed by atoms with van der Waals surface area (Å²) in [6, 6.07) is 3.65. The van der Waals surface area contributed by atoms with E-state index in [-0.39, 0.29) is 5.69 Å². The Bertz CT molecular complexity index is 535. The Labute approximate surface area is 103 Å². The van der Waals surface area contributed by atoms with Gasteiger partial charge >= 0.3 is 5.97 Å². The van der Waals surface area contributed by atoms with E-state index in [1.807, 2.05) is 17.5 Å². The van der Waals surface area contributed by atoms with Crippen LogP contribution in [-0.4, -0.2) is 36.0 Å². The molecule has 2 rings (SSSR count). The van der Waals surface area contributed by atoms with E-state index < -0.39 is 16.8 Å². The number of carboxylic acid groups (broad SMARTS) is 1. The van der Waals surface area contributed by atoms with E-state index in [0.29, 0.717) is 12.3 Å². The molecule has 17 heavy (non-hydrogen) atoms. The van der Waals surface area contributed by atoms with Gasteiger partial charge < -0.3 is 5.11 Å². The molecule has 0 bridgehead atoms. The Morgan fingerprint density at radius 1 is 1.59 bits per heavy atom. The maximum atomic E-state index is 11.8. The SMILES string of the molecule is O=C(O)c1cn(CCS(=O)c2cccs2)nn1. The van der Waals surface area contributed by atoms with Gasteiger partial charge in [0.15, 0.2) is 5.69 Å². The van der Waals surface area contributed by atoms with Crippen molar-refractivity contribution in [2.75, 3.05) is 5.75 Å². The summed E-state index contributed by atoms with van der Waals surface area (Å²) in [6.07, 6.45) is 1.33. The Morgan fingerprint density at radius 2 is 2.41 bits per heavy atom. The molecule has 6 nitrogen and oxygen atoms in total. The molecule has 1 atom stereocenters. The highest BCUT2D eigenvalue weighted by molar-refractivity contribution is 7.87. The molecular weight excluding hydrogens is 262 g/mol. The molecule has 1 N–H and O–H groups in total. The van der Waals surface area contributed by atoms with E-state index in [9.17, 15) is 9.00 Å². The van der Waals surface area contributed by atoms with Crippen molar-refractivity contribution < 1.29 is 14.1 Å². The maximum Gasteiger partial charge on any atom is 0.358 e. The summed E-state index contributed by atoms with van der Waals surface area (Å²) in [4.78, 5) is 10.6. The summed E-state index contributed by atoms with van der Waals surface area (Å²) in [6.45, 7) is 0.380. The minimum absolute atomic E-state index is 0.105. The van der Waals surface area contributed by atoms with Crippen LogP contribution < -0.4 is 0 Å². The second kappa shape index (κ2) is 5.19. The van der Waals surface area contributed by atoms with Crippen LogP contribution in [-0.2, 0) is 17.3 Å². The van der Waals surface area contributed by atoms with Gasteiger partial charge in [0, 0.05) is 5.75 Å². The van der Waals surface area contributed by atoms with Crippen LogP contribution in [0.3, 0.4) is 0 Å². The average molecular weight is 271 g/mol. The van der Waals surface area contributed by atoms with Crippen molar-refractivity contribution in [3.05, 3.63) is 29.4 Å². The van der Waals surface area contributed by atoms with Gasteiger partial charge in [-0.1, -0.05) is 11.3 Å². The molecule has 0 aliphatic carbocycles. The second-order valence-corrected chi connectivity index (χ2v) is 5.90. The van der Waals surface area contributed by atoms with E-state index in [4.69, 9.17) is 5.11 Å². The summed E-state index contributed by atoms with van der Waals surface area (Å²) in [5.74, 6) is -0.723. The lowest BCUT2D eigenvalue weighted by molar-refractivity contribution is 0.0690. The van der Waals surface area contributed by atoms with Crippen molar-refractivity contribution in [2.45, 2.75) is 10.8 Å². The van der Waals surface area contributed by atoms with Gasteiger partial charge in [0.1, 0.15) is 0 Å². The maximum absolute atomic E-state index is 11.8. The van der Waals surface area contributed by atoms with Gasteiger partial charge in [-0.15, -0.1) is 16.4 Å². The highest BCUT2D eigenvalue weighted by Gasteiger charge is 2.09. The number of hydrogen-bond acceptors (Lipinski definition) is 5. The molecule has 0 aromatic carbocycles. The molecule has 0 aliphatic heterocycles. The molecule has 90 valence electrons. The molecule has 1 unspecified atom stereocenters. The lowest BCUT2D eigenvalue weighted by Gasteiger charge is -1.98. The number of thiophene rings is 1. The van der Waals surface area contributed by atoms with Crippen molar-refractivity contribution >= 4 is 28.1 Å². The second-order valence-electron chi connectivity index (χ2n) is 3.15. The summed E-state index contributed by atoms with van der Waals surface area (Å²) < 4.78 is 14.0. The van der Waals surface area contributed by atoms with Crippen LogP contribution in [0.2, 0.25) is 0 Å². The van der Waals surface area contributed by atoms with Crippen molar-refractivity contribution in [1.82, 2.24) is 15.0 Å². The van der Waals surface area contributed by atoms with Crippen molar-refractivity contribution in [3.63, 3.8) is 0 Å². The van der Waals surface area contributed by atoms with E-state index in [1.54, 1.807) is 0 Å². The monoisotopic (exact) mass is 271 g/mol. The summed E-state index contributed by atoms with van der Waals surface area (Å²) in [5.41, 5.74) is -0.105. The molecule has 8 heteroatoms. The van der Waals surface area contributed by atoms with E-state index in [2.05, 4.69) is 10.3 Å². The molecule has 0 amide bonds. The number of aromatic carboxylic acids is 1. The lowest BCUT2D eigenvalue weighted by Crippen LogP contribution is -2.07.